The topological polar surface area (TPSA) is 26.0 Å². The lowest BCUT2D eigenvalue weighted by atomic mass is 9.95. The highest BCUT2D eigenvalue weighted by Gasteiger charge is 2.40. The van der Waals surface area contributed by atoms with Gasteiger partial charge in [-0.3, -0.25) is 0 Å². The number of rotatable bonds is 2. The van der Waals surface area contributed by atoms with Gasteiger partial charge < -0.3 is 5.73 Å². The Kier molecular flexibility index (Phi) is 2.60. The Hall–Kier alpha value is -0.340. The Morgan fingerprint density at radius 2 is 1.88 bits per heavy atom. The highest BCUT2D eigenvalue weighted by atomic mass is 79.9. The molecule has 1 nitrogen and oxygen atoms in total. The third-order valence-corrected chi connectivity index (χ3v) is 4.85. The summed E-state index contributed by atoms with van der Waals surface area (Å²) < 4.78 is 1.27. The predicted molar refractivity (Wildman–Crippen MR) is 70.5 cm³/mol. The van der Waals surface area contributed by atoms with Gasteiger partial charge in [0.15, 0.2) is 0 Å². The minimum Gasteiger partial charge on any atom is -0.321 e. The van der Waals surface area contributed by atoms with E-state index in [-0.39, 0.29) is 5.54 Å². The van der Waals surface area contributed by atoms with Crippen molar-refractivity contribution in [1.29, 1.82) is 0 Å². The predicted octanol–water partition coefficient (Wildman–Crippen LogP) is 4.05. The van der Waals surface area contributed by atoms with Crippen LogP contribution in [0.4, 0.5) is 0 Å². The van der Waals surface area contributed by atoms with Crippen LogP contribution in [0.2, 0.25) is 0 Å². The fourth-order valence-corrected chi connectivity index (χ4v) is 3.53. The van der Waals surface area contributed by atoms with Gasteiger partial charge in [-0.05, 0) is 48.8 Å². The molecule has 0 aliphatic heterocycles. The first-order valence-electron chi connectivity index (χ1n) is 6.28. The molecule has 2 aliphatic rings. The third kappa shape index (κ3) is 1.82. The molecule has 1 aromatic carbocycles. The first kappa shape index (κ1) is 10.8. The monoisotopic (exact) mass is 279 g/mol. The number of hydrogen-bond acceptors (Lipinski definition) is 1. The largest absolute Gasteiger partial charge is 0.321 e. The SMILES string of the molecule is NC1(c2ccc(C3CCCC3)c(Br)c2)CC1. The van der Waals surface area contributed by atoms with Gasteiger partial charge in [0.25, 0.3) is 0 Å². The Balaban J connectivity index is 1.90. The Labute approximate surface area is 106 Å². The summed E-state index contributed by atoms with van der Waals surface area (Å²) in [7, 11) is 0. The summed E-state index contributed by atoms with van der Waals surface area (Å²) in [5, 5.41) is 0. The Bertz CT molecular complexity index is 403. The molecule has 2 heteroatoms. The van der Waals surface area contributed by atoms with E-state index in [0.717, 1.165) is 18.8 Å². The van der Waals surface area contributed by atoms with E-state index in [4.69, 9.17) is 5.73 Å². The summed E-state index contributed by atoms with van der Waals surface area (Å²) in [5.74, 6) is 0.774. The second-order valence-corrected chi connectivity index (χ2v) is 6.23. The van der Waals surface area contributed by atoms with Crippen LogP contribution in [-0.2, 0) is 5.54 Å². The maximum Gasteiger partial charge on any atom is 0.0411 e. The molecule has 0 radical (unpaired) electrons. The summed E-state index contributed by atoms with van der Waals surface area (Å²) in [6.07, 6.45) is 7.77. The van der Waals surface area contributed by atoms with Gasteiger partial charge in [-0.2, -0.15) is 0 Å². The summed E-state index contributed by atoms with van der Waals surface area (Å²) in [6, 6.07) is 6.79. The standard InChI is InChI=1S/C14H18BrN/c15-13-9-11(14(16)7-8-14)5-6-12(13)10-3-1-2-4-10/h5-6,9-10H,1-4,7-8,16H2. The molecule has 2 N–H and O–H groups in total. The third-order valence-electron chi connectivity index (χ3n) is 4.16. The van der Waals surface area contributed by atoms with Crippen LogP contribution in [0.5, 0.6) is 0 Å². The van der Waals surface area contributed by atoms with Crippen LogP contribution in [0, 0.1) is 0 Å². The highest BCUT2D eigenvalue weighted by Crippen LogP contribution is 2.45. The molecule has 1 aromatic rings. The van der Waals surface area contributed by atoms with E-state index in [1.54, 1.807) is 0 Å². The van der Waals surface area contributed by atoms with Crippen molar-refractivity contribution in [3.05, 3.63) is 33.8 Å². The lowest BCUT2D eigenvalue weighted by Gasteiger charge is -2.15. The van der Waals surface area contributed by atoms with Gasteiger partial charge in [0.05, 0.1) is 0 Å². The van der Waals surface area contributed by atoms with Crippen molar-refractivity contribution in [1.82, 2.24) is 0 Å². The first-order chi connectivity index (χ1) is 7.69. The van der Waals surface area contributed by atoms with Gasteiger partial charge in [0.2, 0.25) is 0 Å². The van der Waals surface area contributed by atoms with E-state index >= 15 is 0 Å². The quantitative estimate of drug-likeness (QED) is 0.868. The molecule has 0 spiro atoms. The number of halogens is 1. The van der Waals surface area contributed by atoms with Crippen LogP contribution in [0.3, 0.4) is 0 Å². The van der Waals surface area contributed by atoms with Crippen molar-refractivity contribution in [3.63, 3.8) is 0 Å². The maximum atomic E-state index is 6.22. The molecule has 2 fully saturated rings. The Morgan fingerprint density at radius 3 is 2.44 bits per heavy atom. The summed E-state index contributed by atoms with van der Waals surface area (Å²) in [5.41, 5.74) is 9.01. The molecular weight excluding hydrogens is 262 g/mol. The lowest BCUT2D eigenvalue weighted by Crippen LogP contribution is -2.18. The molecule has 16 heavy (non-hydrogen) atoms. The van der Waals surface area contributed by atoms with Crippen molar-refractivity contribution in [2.24, 2.45) is 5.73 Å². The van der Waals surface area contributed by atoms with E-state index in [1.807, 2.05) is 0 Å². The van der Waals surface area contributed by atoms with Gasteiger partial charge in [0, 0.05) is 10.0 Å². The van der Waals surface area contributed by atoms with Gasteiger partial charge in [-0.25, -0.2) is 0 Å². The van der Waals surface area contributed by atoms with Crippen molar-refractivity contribution < 1.29 is 0 Å². The normalized spacial score (nSPS) is 23.6. The fraction of sp³-hybridized carbons (Fsp3) is 0.571. The van der Waals surface area contributed by atoms with Crippen molar-refractivity contribution in [3.8, 4) is 0 Å². The second kappa shape index (κ2) is 3.85. The molecule has 3 rings (SSSR count). The van der Waals surface area contributed by atoms with E-state index in [2.05, 4.69) is 34.1 Å². The molecule has 2 saturated carbocycles. The number of nitrogens with two attached hydrogens (primary N) is 1. The van der Waals surface area contributed by atoms with Gasteiger partial charge in [0.1, 0.15) is 0 Å². The molecule has 0 atom stereocenters. The molecule has 2 aliphatic carbocycles. The minimum atomic E-state index is -0.00325. The zero-order valence-corrected chi connectivity index (χ0v) is 11.1. The van der Waals surface area contributed by atoms with E-state index in [9.17, 15) is 0 Å². The molecule has 0 amide bonds. The van der Waals surface area contributed by atoms with E-state index in [1.165, 1.54) is 41.3 Å². The lowest BCUT2D eigenvalue weighted by molar-refractivity contribution is 0.710. The average molecular weight is 280 g/mol. The van der Waals surface area contributed by atoms with Crippen LogP contribution in [0.1, 0.15) is 55.6 Å². The molecule has 86 valence electrons. The van der Waals surface area contributed by atoms with Crippen molar-refractivity contribution in [2.75, 3.05) is 0 Å². The minimum absolute atomic E-state index is 0.00325. The van der Waals surface area contributed by atoms with Crippen molar-refractivity contribution >= 4 is 15.9 Å². The molecule has 0 saturated heterocycles. The van der Waals surface area contributed by atoms with Crippen LogP contribution in [0.15, 0.2) is 22.7 Å². The number of hydrogen-bond donors (Lipinski definition) is 1. The van der Waals surface area contributed by atoms with Gasteiger partial charge in [-0.15, -0.1) is 0 Å². The first-order valence-corrected chi connectivity index (χ1v) is 7.07. The highest BCUT2D eigenvalue weighted by molar-refractivity contribution is 9.10. The molecular formula is C14H18BrN. The van der Waals surface area contributed by atoms with Crippen molar-refractivity contribution in [2.45, 2.75) is 50.0 Å². The fourth-order valence-electron chi connectivity index (χ4n) is 2.83. The van der Waals surface area contributed by atoms with Gasteiger partial charge in [-0.1, -0.05) is 40.9 Å². The smallest absolute Gasteiger partial charge is 0.0411 e. The molecule has 0 aromatic heterocycles. The summed E-state index contributed by atoms with van der Waals surface area (Å²) in [6.45, 7) is 0. The van der Waals surface area contributed by atoms with E-state index < -0.39 is 0 Å². The van der Waals surface area contributed by atoms with Crippen LogP contribution in [-0.4, -0.2) is 0 Å². The van der Waals surface area contributed by atoms with Crippen LogP contribution < -0.4 is 5.73 Å². The summed E-state index contributed by atoms with van der Waals surface area (Å²) >= 11 is 3.72. The molecule has 0 heterocycles. The average Bonchev–Trinajstić information content (AvgIpc) is 2.82. The zero-order chi connectivity index (χ0) is 11.2. The zero-order valence-electron chi connectivity index (χ0n) is 9.51. The molecule has 0 unspecified atom stereocenters. The van der Waals surface area contributed by atoms with Crippen LogP contribution in [0.25, 0.3) is 0 Å². The molecule has 0 bridgehead atoms. The van der Waals surface area contributed by atoms with Crippen LogP contribution >= 0.6 is 15.9 Å². The Morgan fingerprint density at radius 1 is 1.19 bits per heavy atom. The maximum absolute atomic E-state index is 6.22. The number of benzene rings is 1. The second-order valence-electron chi connectivity index (χ2n) is 5.37. The van der Waals surface area contributed by atoms with Gasteiger partial charge >= 0.3 is 0 Å². The summed E-state index contributed by atoms with van der Waals surface area (Å²) in [4.78, 5) is 0. The van der Waals surface area contributed by atoms with E-state index in [0.29, 0.717) is 0 Å².